The number of ether oxygens (including phenoxy) is 1. The van der Waals surface area contributed by atoms with Gasteiger partial charge < -0.3 is 10.1 Å². The SMILES string of the molecule is C[C@H](NC(=O)COC(=O)c1c(F)cccc1Cl)c1ccc(S(N)(=O)=O)cc1. The summed E-state index contributed by atoms with van der Waals surface area (Å²) in [6.07, 6.45) is 0. The van der Waals surface area contributed by atoms with Gasteiger partial charge in [-0.15, -0.1) is 0 Å². The summed E-state index contributed by atoms with van der Waals surface area (Å²) in [7, 11) is -3.81. The van der Waals surface area contributed by atoms with Crippen molar-refractivity contribution in [3.8, 4) is 0 Å². The van der Waals surface area contributed by atoms with Gasteiger partial charge in [0, 0.05) is 0 Å². The number of benzene rings is 2. The molecule has 3 N–H and O–H groups in total. The van der Waals surface area contributed by atoms with Gasteiger partial charge in [-0.3, -0.25) is 4.79 Å². The van der Waals surface area contributed by atoms with Crippen molar-refractivity contribution in [3.05, 3.63) is 64.4 Å². The Morgan fingerprint density at radius 1 is 1.22 bits per heavy atom. The van der Waals surface area contributed by atoms with Crippen molar-refractivity contribution in [1.82, 2.24) is 5.32 Å². The first-order chi connectivity index (χ1) is 12.6. The Morgan fingerprint density at radius 3 is 2.41 bits per heavy atom. The predicted molar refractivity (Wildman–Crippen MR) is 96.1 cm³/mol. The van der Waals surface area contributed by atoms with E-state index in [1.807, 2.05) is 0 Å². The highest BCUT2D eigenvalue weighted by molar-refractivity contribution is 7.89. The lowest BCUT2D eigenvalue weighted by molar-refractivity contribution is -0.124. The summed E-state index contributed by atoms with van der Waals surface area (Å²) < 4.78 is 40.9. The van der Waals surface area contributed by atoms with E-state index in [4.69, 9.17) is 21.5 Å². The highest BCUT2D eigenvalue weighted by atomic mass is 35.5. The smallest absolute Gasteiger partial charge is 0.343 e. The maximum atomic E-state index is 13.6. The average molecular weight is 415 g/mol. The van der Waals surface area contributed by atoms with Gasteiger partial charge in [-0.05, 0) is 36.8 Å². The molecule has 2 aromatic rings. The summed E-state index contributed by atoms with van der Waals surface area (Å²) in [5.74, 6) is -2.53. The zero-order valence-corrected chi connectivity index (χ0v) is 15.7. The van der Waals surface area contributed by atoms with Crippen LogP contribution >= 0.6 is 11.6 Å². The molecule has 0 aromatic heterocycles. The molecule has 1 atom stereocenters. The number of nitrogens with two attached hydrogens (primary N) is 1. The van der Waals surface area contributed by atoms with Crippen LogP contribution in [0.15, 0.2) is 47.4 Å². The van der Waals surface area contributed by atoms with Crippen LogP contribution in [0.4, 0.5) is 4.39 Å². The molecule has 0 spiro atoms. The number of halogens is 2. The van der Waals surface area contributed by atoms with Crippen LogP contribution < -0.4 is 10.5 Å². The predicted octanol–water partition coefficient (Wildman–Crippen LogP) is 2.16. The Hall–Kier alpha value is -2.49. The Balaban J connectivity index is 1.94. The third kappa shape index (κ3) is 5.49. The Bertz CT molecular complexity index is 944. The minimum Gasteiger partial charge on any atom is -0.452 e. The van der Waals surface area contributed by atoms with Crippen molar-refractivity contribution in [2.75, 3.05) is 6.61 Å². The minimum atomic E-state index is -3.81. The van der Waals surface area contributed by atoms with Gasteiger partial charge in [0.2, 0.25) is 10.0 Å². The van der Waals surface area contributed by atoms with Crippen molar-refractivity contribution in [2.24, 2.45) is 5.14 Å². The normalized spacial score (nSPS) is 12.3. The minimum absolute atomic E-state index is 0.0551. The van der Waals surface area contributed by atoms with E-state index in [-0.39, 0.29) is 9.92 Å². The number of carbonyl (C=O) groups is 2. The maximum absolute atomic E-state index is 13.6. The summed E-state index contributed by atoms with van der Waals surface area (Å²) in [5, 5.41) is 7.46. The molecule has 1 amide bonds. The number of carbonyl (C=O) groups excluding carboxylic acids is 2. The second kappa shape index (κ2) is 8.47. The van der Waals surface area contributed by atoms with Gasteiger partial charge in [0.05, 0.1) is 16.0 Å². The molecule has 0 fully saturated rings. The van der Waals surface area contributed by atoms with Crippen molar-refractivity contribution in [3.63, 3.8) is 0 Å². The van der Waals surface area contributed by atoms with Crippen molar-refractivity contribution in [1.29, 1.82) is 0 Å². The lowest BCUT2D eigenvalue weighted by atomic mass is 10.1. The molecule has 0 saturated heterocycles. The number of hydrogen-bond acceptors (Lipinski definition) is 5. The maximum Gasteiger partial charge on any atom is 0.343 e. The number of sulfonamides is 1. The van der Waals surface area contributed by atoms with Crippen molar-refractivity contribution < 1.29 is 27.1 Å². The van der Waals surface area contributed by atoms with Gasteiger partial charge in [-0.2, -0.15) is 0 Å². The molecule has 0 radical (unpaired) electrons. The van der Waals surface area contributed by atoms with Crippen LogP contribution in [-0.4, -0.2) is 26.9 Å². The average Bonchev–Trinajstić information content (AvgIpc) is 2.59. The van der Waals surface area contributed by atoms with Gasteiger partial charge in [-0.25, -0.2) is 22.7 Å². The number of esters is 1. The van der Waals surface area contributed by atoms with Crippen molar-refractivity contribution in [2.45, 2.75) is 17.9 Å². The zero-order valence-electron chi connectivity index (χ0n) is 14.1. The Morgan fingerprint density at radius 2 is 1.85 bits per heavy atom. The molecule has 0 heterocycles. The van der Waals surface area contributed by atoms with Crippen LogP contribution in [-0.2, 0) is 19.6 Å². The molecule has 0 saturated carbocycles. The second-order valence-electron chi connectivity index (χ2n) is 5.58. The molecule has 0 unspecified atom stereocenters. The molecule has 2 rings (SSSR count). The van der Waals surface area contributed by atoms with Gasteiger partial charge >= 0.3 is 5.97 Å². The van der Waals surface area contributed by atoms with Crippen LogP contribution in [0, 0.1) is 5.82 Å². The van der Waals surface area contributed by atoms with E-state index in [2.05, 4.69) is 5.32 Å². The van der Waals surface area contributed by atoms with Crippen molar-refractivity contribution >= 4 is 33.5 Å². The molecule has 27 heavy (non-hydrogen) atoms. The summed E-state index contributed by atoms with van der Waals surface area (Å²) in [6, 6.07) is 8.84. The van der Waals surface area contributed by atoms with E-state index in [0.717, 1.165) is 6.07 Å². The highest BCUT2D eigenvalue weighted by Crippen LogP contribution is 2.20. The fourth-order valence-corrected chi connectivity index (χ4v) is 2.96. The van der Waals surface area contributed by atoms with Crippen LogP contribution in [0.2, 0.25) is 5.02 Å². The lowest BCUT2D eigenvalue weighted by Gasteiger charge is -2.15. The molecule has 2 aromatic carbocycles. The summed E-state index contributed by atoms with van der Waals surface area (Å²) in [6.45, 7) is 1.02. The molecule has 144 valence electrons. The van der Waals surface area contributed by atoms with Gasteiger partial charge in [0.1, 0.15) is 11.4 Å². The Kier molecular flexibility index (Phi) is 6.53. The molecule has 0 aliphatic carbocycles. The first-order valence-corrected chi connectivity index (χ1v) is 9.55. The van der Waals surface area contributed by atoms with Crippen LogP contribution in [0.5, 0.6) is 0 Å². The quantitative estimate of drug-likeness (QED) is 0.703. The standard InChI is InChI=1S/C17H16ClFN2O5S/c1-10(11-5-7-12(8-6-11)27(20,24)25)21-15(22)9-26-17(23)16-13(18)3-2-4-14(16)19/h2-8,10H,9H2,1H3,(H,21,22)(H2,20,24,25)/t10-/m0/s1. The van der Waals surface area contributed by atoms with E-state index in [1.54, 1.807) is 6.92 Å². The molecule has 0 aliphatic heterocycles. The molecule has 0 bridgehead atoms. The van der Waals surface area contributed by atoms with Crippen LogP contribution in [0.1, 0.15) is 28.9 Å². The van der Waals surface area contributed by atoms with Crippen LogP contribution in [0.3, 0.4) is 0 Å². The Labute approximate surface area is 160 Å². The van der Waals surface area contributed by atoms with E-state index in [1.165, 1.54) is 36.4 Å². The number of primary sulfonamides is 1. The summed E-state index contributed by atoms with van der Waals surface area (Å²) in [5.41, 5.74) is 0.165. The summed E-state index contributed by atoms with van der Waals surface area (Å²) in [4.78, 5) is 23.8. The molecule has 0 aliphatic rings. The van der Waals surface area contributed by atoms with E-state index in [9.17, 15) is 22.4 Å². The van der Waals surface area contributed by atoms with Crippen LogP contribution in [0.25, 0.3) is 0 Å². The van der Waals surface area contributed by atoms with Gasteiger partial charge in [0.25, 0.3) is 5.91 Å². The molecule has 7 nitrogen and oxygen atoms in total. The first kappa shape index (κ1) is 20.8. The third-order valence-electron chi connectivity index (χ3n) is 3.59. The highest BCUT2D eigenvalue weighted by Gasteiger charge is 2.19. The fourth-order valence-electron chi connectivity index (χ4n) is 2.21. The van der Waals surface area contributed by atoms with Gasteiger partial charge in [0.15, 0.2) is 6.61 Å². The number of amides is 1. The van der Waals surface area contributed by atoms with E-state index < -0.39 is 45.9 Å². The molecular formula is C17H16ClFN2O5S. The largest absolute Gasteiger partial charge is 0.452 e. The number of hydrogen-bond donors (Lipinski definition) is 2. The zero-order chi connectivity index (χ0) is 20.2. The number of rotatable bonds is 6. The third-order valence-corrected chi connectivity index (χ3v) is 4.83. The van der Waals surface area contributed by atoms with E-state index >= 15 is 0 Å². The monoisotopic (exact) mass is 414 g/mol. The van der Waals surface area contributed by atoms with Gasteiger partial charge in [-0.1, -0.05) is 29.8 Å². The number of nitrogens with one attached hydrogen (secondary N) is 1. The first-order valence-electron chi connectivity index (χ1n) is 7.63. The topological polar surface area (TPSA) is 116 Å². The molecule has 10 heteroatoms. The summed E-state index contributed by atoms with van der Waals surface area (Å²) >= 11 is 5.76. The molecular weight excluding hydrogens is 399 g/mol. The second-order valence-corrected chi connectivity index (χ2v) is 7.54. The lowest BCUT2D eigenvalue weighted by Crippen LogP contribution is -2.31. The fraction of sp³-hybridized carbons (Fsp3) is 0.176. The van der Waals surface area contributed by atoms with E-state index in [0.29, 0.717) is 5.56 Å².